The Morgan fingerprint density at radius 1 is 0.527 bits per heavy atom. The lowest BCUT2D eigenvalue weighted by Gasteiger charge is -2.61. The van der Waals surface area contributed by atoms with Crippen LogP contribution < -0.4 is 0 Å². The molecular formula is C52H38N2O. The highest BCUT2D eigenvalue weighted by Crippen LogP contribution is 2.70. The van der Waals surface area contributed by atoms with E-state index < -0.39 is 0 Å². The van der Waals surface area contributed by atoms with Crippen molar-refractivity contribution in [3.8, 4) is 62.0 Å². The van der Waals surface area contributed by atoms with Crippen LogP contribution in [0.15, 0.2) is 150 Å². The predicted octanol–water partition coefficient (Wildman–Crippen LogP) is 13.2. The minimum Gasteiger partial charge on any atom is -0.455 e. The Morgan fingerprint density at radius 3 is 1.85 bits per heavy atom. The Kier molecular flexibility index (Phi) is 6.59. The first-order valence-electron chi connectivity index (χ1n) is 19.9. The Morgan fingerprint density at radius 2 is 1.16 bits per heavy atom. The Balaban J connectivity index is 1.00. The monoisotopic (exact) mass is 706 g/mol. The summed E-state index contributed by atoms with van der Waals surface area (Å²) in [6.07, 6.45) is 6.59. The minimum absolute atomic E-state index is 0.0660. The van der Waals surface area contributed by atoms with Gasteiger partial charge in [-0.05, 0) is 131 Å². The number of nitrogens with zero attached hydrogens (tertiary/aromatic N) is 2. The summed E-state index contributed by atoms with van der Waals surface area (Å²) in [6.45, 7) is 0. The summed E-state index contributed by atoms with van der Waals surface area (Å²) in [5, 5.41) is 12.7. The summed E-state index contributed by atoms with van der Waals surface area (Å²) in [5.41, 5.74) is 16.6. The second-order valence-corrected chi connectivity index (χ2v) is 16.6. The molecule has 3 nitrogen and oxygen atoms in total. The van der Waals surface area contributed by atoms with E-state index in [-0.39, 0.29) is 5.41 Å². The lowest BCUT2D eigenvalue weighted by Crippen LogP contribution is -2.55. The van der Waals surface area contributed by atoms with Gasteiger partial charge in [-0.2, -0.15) is 5.26 Å². The van der Waals surface area contributed by atoms with E-state index in [4.69, 9.17) is 9.40 Å². The zero-order chi connectivity index (χ0) is 36.3. The van der Waals surface area contributed by atoms with Crippen molar-refractivity contribution >= 4 is 21.9 Å². The van der Waals surface area contributed by atoms with E-state index in [1.807, 2.05) is 12.1 Å². The van der Waals surface area contributed by atoms with E-state index in [0.29, 0.717) is 11.8 Å². The van der Waals surface area contributed by atoms with E-state index in [2.05, 4.69) is 140 Å². The molecular weight excluding hydrogens is 669 g/mol. The van der Waals surface area contributed by atoms with Gasteiger partial charge < -0.3 is 4.42 Å². The SMILES string of the molecule is N#Cc1cccc2c1C1(c3cc(-c4ccc5oc6c(-c7cc(-c8ccccc8)nc(-c8ccccc8)c7)cccc6c5c4)ccc3-2)C2CC3CC(C2)CC1C3. The van der Waals surface area contributed by atoms with Gasteiger partial charge in [-0.3, -0.25) is 0 Å². The number of pyridine rings is 1. The molecule has 0 amide bonds. The van der Waals surface area contributed by atoms with E-state index in [1.165, 1.54) is 65.5 Å². The molecule has 0 N–H and O–H groups in total. The van der Waals surface area contributed by atoms with Gasteiger partial charge in [0.05, 0.1) is 23.0 Å². The third-order valence-corrected chi connectivity index (χ3v) is 13.9. The van der Waals surface area contributed by atoms with Crippen molar-refractivity contribution in [2.75, 3.05) is 0 Å². The fourth-order valence-electron chi connectivity index (χ4n) is 11.9. The van der Waals surface area contributed by atoms with Gasteiger partial charge in [0.25, 0.3) is 0 Å². The highest BCUT2D eigenvalue weighted by atomic mass is 16.3. The van der Waals surface area contributed by atoms with E-state index >= 15 is 0 Å². The summed E-state index contributed by atoms with van der Waals surface area (Å²) in [5.74, 6) is 2.90. The smallest absolute Gasteiger partial charge is 0.143 e. The molecule has 0 aliphatic heterocycles. The van der Waals surface area contributed by atoms with Gasteiger partial charge in [0.2, 0.25) is 0 Å². The Bertz CT molecular complexity index is 2810. The molecule has 0 unspecified atom stereocenters. The summed E-state index contributed by atoms with van der Waals surface area (Å²) in [6, 6.07) is 54.7. The highest BCUT2D eigenvalue weighted by Gasteiger charge is 2.62. The van der Waals surface area contributed by atoms with Crippen molar-refractivity contribution in [3.63, 3.8) is 0 Å². The zero-order valence-corrected chi connectivity index (χ0v) is 30.5. The van der Waals surface area contributed by atoms with Crippen molar-refractivity contribution < 1.29 is 4.42 Å². The van der Waals surface area contributed by atoms with E-state index in [0.717, 1.165) is 73.0 Å². The second-order valence-electron chi connectivity index (χ2n) is 16.6. The normalized spacial score (nSPS) is 23.0. The van der Waals surface area contributed by atoms with E-state index in [9.17, 15) is 5.26 Å². The van der Waals surface area contributed by atoms with Gasteiger partial charge in [0.15, 0.2) is 0 Å². The van der Waals surface area contributed by atoms with E-state index in [1.54, 1.807) is 0 Å². The number of nitriles is 1. The van der Waals surface area contributed by atoms with Crippen LogP contribution in [0.3, 0.4) is 0 Å². The minimum atomic E-state index is -0.0660. The number of aromatic nitrogens is 1. The molecule has 13 rings (SSSR count). The molecule has 6 aromatic carbocycles. The summed E-state index contributed by atoms with van der Waals surface area (Å²) >= 11 is 0. The fraction of sp³-hybridized carbons (Fsp3) is 0.192. The number of rotatable bonds is 4. The third-order valence-electron chi connectivity index (χ3n) is 13.9. The first kappa shape index (κ1) is 31.1. The predicted molar refractivity (Wildman–Crippen MR) is 221 cm³/mol. The van der Waals surface area contributed by atoms with Crippen LogP contribution in [0.5, 0.6) is 0 Å². The third kappa shape index (κ3) is 4.46. The average molecular weight is 707 g/mol. The molecule has 1 spiro atoms. The molecule has 0 atom stereocenters. The number of furan rings is 1. The van der Waals surface area contributed by atoms with Crippen LogP contribution in [0.2, 0.25) is 0 Å². The van der Waals surface area contributed by atoms with Gasteiger partial charge in [-0.15, -0.1) is 0 Å². The molecule has 3 heteroatoms. The molecule has 5 aliphatic carbocycles. The topological polar surface area (TPSA) is 49.8 Å². The Hall–Kier alpha value is -6.24. The summed E-state index contributed by atoms with van der Waals surface area (Å²) in [4.78, 5) is 5.12. The lowest BCUT2D eigenvalue weighted by atomic mass is 9.43. The molecule has 55 heavy (non-hydrogen) atoms. The van der Waals surface area contributed by atoms with Crippen LogP contribution in [0, 0.1) is 35.0 Å². The second kappa shape index (κ2) is 11.6. The molecule has 8 aromatic rings. The van der Waals surface area contributed by atoms with Crippen molar-refractivity contribution in [3.05, 3.63) is 162 Å². The zero-order valence-electron chi connectivity index (χ0n) is 30.5. The summed E-state index contributed by atoms with van der Waals surface area (Å²) in [7, 11) is 0. The quantitative estimate of drug-likeness (QED) is 0.183. The average Bonchev–Trinajstić information content (AvgIpc) is 3.76. The molecule has 4 bridgehead atoms. The molecule has 0 radical (unpaired) electrons. The standard InChI is InChI=1S/C52H38N2O/c53-30-37-13-7-15-43-42-19-17-36(27-46(42)52(50(37)43)39-22-31-21-32(24-39)25-40(52)23-31)35-18-20-49-45(26-35)44-16-8-14-41(51(44)55-49)38-28-47(33-9-3-1-4-10-33)54-48(29-38)34-11-5-2-6-12-34/h1-20,26-29,31-32,39-40H,21-25H2. The van der Waals surface area contributed by atoms with Gasteiger partial charge in [-0.1, -0.05) is 109 Å². The first-order valence-corrected chi connectivity index (χ1v) is 19.9. The van der Waals surface area contributed by atoms with Crippen LogP contribution in [-0.4, -0.2) is 4.98 Å². The van der Waals surface area contributed by atoms with Crippen LogP contribution in [0.25, 0.3) is 77.8 Å². The first-order chi connectivity index (χ1) is 27.2. The summed E-state index contributed by atoms with van der Waals surface area (Å²) < 4.78 is 6.77. The molecule has 2 heterocycles. The fourth-order valence-corrected chi connectivity index (χ4v) is 11.9. The number of hydrogen-bond donors (Lipinski definition) is 0. The molecule has 262 valence electrons. The number of fused-ring (bicyclic) bond motifs is 6. The van der Waals surface area contributed by atoms with Crippen LogP contribution in [0.4, 0.5) is 0 Å². The van der Waals surface area contributed by atoms with Gasteiger partial charge >= 0.3 is 0 Å². The van der Waals surface area contributed by atoms with Gasteiger partial charge in [0, 0.05) is 32.9 Å². The molecule has 2 aromatic heterocycles. The highest BCUT2D eigenvalue weighted by molar-refractivity contribution is 6.11. The number of hydrogen-bond acceptors (Lipinski definition) is 3. The number of para-hydroxylation sites is 1. The molecule has 5 aliphatic rings. The van der Waals surface area contributed by atoms with Crippen molar-refractivity contribution in [1.29, 1.82) is 5.26 Å². The largest absolute Gasteiger partial charge is 0.455 e. The van der Waals surface area contributed by atoms with Crippen LogP contribution >= 0.6 is 0 Å². The maximum atomic E-state index is 10.5. The van der Waals surface area contributed by atoms with Crippen molar-refractivity contribution in [1.82, 2.24) is 4.98 Å². The van der Waals surface area contributed by atoms with Crippen LogP contribution in [0.1, 0.15) is 48.8 Å². The molecule has 4 saturated carbocycles. The number of benzene rings is 6. The van der Waals surface area contributed by atoms with Crippen LogP contribution in [-0.2, 0) is 5.41 Å². The molecule has 0 saturated heterocycles. The van der Waals surface area contributed by atoms with Gasteiger partial charge in [0.1, 0.15) is 11.2 Å². The lowest BCUT2D eigenvalue weighted by molar-refractivity contribution is -0.0400. The molecule has 4 fully saturated rings. The van der Waals surface area contributed by atoms with Gasteiger partial charge in [-0.25, -0.2) is 4.98 Å². The maximum absolute atomic E-state index is 10.5. The Labute approximate surface area is 320 Å². The van der Waals surface area contributed by atoms with Crippen molar-refractivity contribution in [2.45, 2.75) is 37.5 Å². The van der Waals surface area contributed by atoms with Crippen molar-refractivity contribution in [2.24, 2.45) is 23.7 Å². The maximum Gasteiger partial charge on any atom is 0.143 e.